The summed E-state index contributed by atoms with van der Waals surface area (Å²) in [6.07, 6.45) is 4.20. The third-order valence-corrected chi connectivity index (χ3v) is 3.98. The van der Waals surface area contributed by atoms with Gasteiger partial charge in [0, 0.05) is 17.9 Å². The van der Waals surface area contributed by atoms with Crippen molar-refractivity contribution >= 4 is 5.91 Å². The second-order valence-corrected chi connectivity index (χ2v) is 4.87. The van der Waals surface area contributed by atoms with Crippen molar-refractivity contribution < 1.29 is 4.79 Å². The normalized spacial score (nSPS) is 32.1. The van der Waals surface area contributed by atoms with Crippen molar-refractivity contribution in [2.45, 2.75) is 38.6 Å². The molecule has 1 atom stereocenters. The highest BCUT2D eigenvalue weighted by Crippen LogP contribution is 2.42. The van der Waals surface area contributed by atoms with Gasteiger partial charge in [0.1, 0.15) is 0 Å². The minimum absolute atomic E-state index is 0.265. The highest BCUT2D eigenvalue weighted by Gasteiger charge is 2.46. The van der Waals surface area contributed by atoms with Gasteiger partial charge in [-0.1, -0.05) is 6.92 Å². The summed E-state index contributed by atoms with van der Waals surface area (Å²) in [5, 5.41) is 3.12. The number of amides is 1. The second-order valence-electron chi connectivity index (χ2n) is 4.87. The molecule has 0 aromatic rings. The average Bonchev–Trinajstić information content (AvgIpc) is 2.48. The van der Waals surface area contributed by atoms with Crippen LogP contribution in [0.1, 0.15) is 32.6 Å². The van der Waals surface area contributed by atoms with Gasteiger partial charge in [-0.15, -0.1) is 0 Å². The summed E-state index contributed by atoms with van der Waals surface area (Å²) in [5.41, 5.74) is 0.290. The zero-order chi connectivity index (χ0) is 10.2. The molecule has 2 aliphatic rings. The van der Waals surface area contributed by atoms with Crippen molar-refractivity contribution in [3.8, 4) is 0 Å². The first-order chi connectivity index (χ1) is 6.66. The van der Waals surface area contributed by atoms with Gasteiger partial charge >= 0.3 is 0 Å². The van der Waals surface area contributed by atoms with E-state index < -0.39 is 0 Å². The molecule has 0 aromatic carbocycles. The van der Waals surface area contributed by atoms with E-state index in [9.17, 15) is 4.79 Å². The fourth-order valence-electron chi connectivity index (χ4n) is 2.97. The fourth-order valence-corrected chi connectivity index (χ4v) is 2.97. The first kappa shape index (κ1) is 9.97. The van der Waals surface area contributed by atoms with E-state index in [1.165, 1.54) is 12.8 Å². The molecule has 3 nitrogen and oxygen atoms in total. The van der Waals surface area contributed by atoms with Crippen LogP contribution in [0.5, 0.6) is 0 Å². The van der Waals surface area contributed by atoms with E-state index in [4.69, 9.17) is 0 Å². The Kier molecular flexibility index (Phi) is 2.52. The third kappa shape index (κ3) is 1.54. The highest BCUT2D eigenvalue weighted by molar-refractivity contribution is 5.80. The van der Waals surface area contributed by atoms with Gasteiger partial charge in [-0.05, 0) is 39.4 Å². The predicted octanol–water partition coefficient (Wildman–Crippen LogP) is 0.997. The van der Waals surface area contributed by atoms with Gasteiger partial charge in [-0.25, -0.2) is 0 Å². The van der Waals surface area contributed by atoms with Gasteiger partial charge in [-0.3, -0.25) is 4.79 Å². The molecule has 80 valence electrons. The number of hydrogen-bond donors (Lipinski definition) is 1. The summed E-state index contributed by atoms with van der Waals surface area (Å²) < 4.78 is 0. The molecule has 2 saturated heterocycles. The minimum Gasteiger partial charge on any atom is -0.353 e. The lowest BCUT2D eigenvalue weighted by atomic mass is 9.72. The first-order valence-corrected chi connectivity index (χ1v) is 5.64. The molecule has 0 bridgehead atoms. The predicted molar refractivity (Wildman–Crippen MR) is 56.0 cm³/mol. The molecule has 1 N–H and O–H groups in total. The Labute approximate surface area is 85.8 Å². The van der Waals surface area contributed by atoms with E-state index in [1.807, 2.05) is 0 Å². The van der Waals surface area contributed by atoms with Crippen molar-refractivity contribution in [2.75, 3.05) is 20.1 Å². The minimum atomic E-state index is 0.265. The van der Waals surface area contributed by atoms with Crippen LogP contribution in [0.4, 0.5) is 0 Å². The van der Waals surface area contributed by atoms with Gasteiger partial charge in [0.2, 0.25) is 5.91 Å². The molecule has 1 amide bonds. The molecule has 2 aliphatic heterocycles. The summed E-state index contributed by atoms with van der Waals surface area (Å²) in [5.74, 6) is 0.265. The van der Waals surface area contributed by atoms with E-state index >= 15 is 0 Å². The van der Waals surface area contributed by atoms with Crippen molar-refractivity contribution in [3.05, 3.63) is 0 Å². The number of piperidine rings is 1. The van der Waals surface area contributed by atoms with Crippen molar-refractivity contribution in [2.24, 2.45) is 5.41 Å². The van der Waals surface area contributed by atoms with Crippen LogP contribution >= 0.6 is 0 Å². The fraction of sp³-hybridized carbons (Fsp3) is 0.909. The Morgan fingerprint density at radius 1 is 1.50 bits per heavy atom. The van der Waals surface area contributed by atoms with Gasteiger partial charge in [-0.2, -0.15) is 0 Å². The molecule has 0 saturated carbocycles. The molecule has 1 spiro atoms. The number of nitrogens with zero attached hydrogens (tertiary/aromatic N) is 1. The van der Waals surface area contributed by atoms with Gasteiger partial charge in [0.05, 0.1) is 0 Å². The van der Waals surface area contributed by atoms with Crippen LogP contribution < -0.4 is 5.32 Å². The van der Waals surface area contributed by atoms with Crippen molar-refractivity contribution in [1.82, 2.24) is 10.2 Å². The van der Waals surface area contributed by atoms with E-state index in [0.717, 1.165) is 25.9 Å². The maximum atomic E-state index is 11.4. The van der Waals surface area contributed by atoms with Crippen LogP contribution in [0.15, 0.2) is 0 Å². The lowest BCUT2D eigenvalue weighted by Crippen LogP contribution is -2.44. The maximum absolute atomic E-state index is 11.4. The number of rotatable bonds is 1. The topological polar surface area (TPSA) is 32.3 Å². The van der Waals surface area contributed by atoms with Gasteiger partial charge in [0.15, 0.2) is 0 Å². The van der Waals surface area contributed by atoms with Gasteiger partial charge in [0.25, 0.3) is 0 Å². The molecule has 2 rings (SSSR count). The van der Waals surface area contributed by atoms with Crippen LogP contribution in [0.25, 0.3) is 0 Å². The summed E-state index contributed by atoms with van der Waals surface area (Å²) >= 11 is 0. The zero-order valence-corrected chi connectivity index (χ0v) is 9.18. The first-order valence-electron chi connectivity index (χ1n) is 5.64. The molecular weight excluding hydrogens is 176 g/mol. The Morgan fingerprint density at radius 3 is 2.71 bits per heavy atom. The van der Waals surface area contributed by atoms with E-state index in [1.54, 1.807) is 0 Å². The Bertz CT molecular complexity index is 231. The zero-order valence-electron chi connectivity index (χ0n) is 9.18. The SMILES string of the molecule is CCC1NC(=O)CC12CCN(C)CC2. The van der Waals surface area contributed by atoms with Crippen LogP contribution in [0.3, 0.4) is 0 Å². The molecule has 0 aliphatic carbocycles. The third-order valence-electron chi connectivity index (χ3n) is 3.98. The number of carbonyl (C=O) groups excluding carboxylic acids is 1. The van der Waals surface area contributed by atoms with Crippen LogP contribution in [0, 0.1) is 5.41 Å². The molecule has 2 fully saturated rings. The molecular formula is C11H20N2O. The second kappa shape index (κ2) is 3.54. The number of hydrogen-bond acceptors (Lipinski definition) is 2. The molecule has 2 heterocycles. The summed E-state index contributed by atoms with van der Waals surface area (Å²) in [6, 6.07) is 0.434. The average molecular weight is 196 g/mol. The molecule has 1 unspecified atom stereocenters. The molecule has 14 heavy (non-hydrogen) atoms. The Balaban J connectivity index is 2.10. The summed E-state index contributed by atoms with van der Waals surface area (Å²) in [7, 11) is 2.16. The standard InChI is InChI=1S/C11H20N2O/c1-3-9-11(8-10(14)12-9)4-6-13(2)7-5-11/h9H,3-8H2,1-2H3,(H,12,14). The molecule has 0 radical (unpaired) electrons. The van der Waals surface area contributed by atoms with Gasteiger partial charge < -0.3 is 10.2 Å². The van der Waals surface area contributed by atoms with E-state index in [0.29, 0.717) is 11.5 Å². The lowest BCUT2D eigenvalue weighted by Gasteiger charge is -2.40. The monoisotopic (exact) mass is 196 g/mol. The Hall–Kier alpha value is -0.570. The maximum Gasteiger partial charge on any atom is 0.220 e. The number of carbonyl (C=O) groups is 1. The van der Waals surface area contributed by atoms with Crippen LogP contribution in [-0.2, 0) is 4.79 Å². The van der Waals surface area contributed by atoms with Crippen LogP contribution in [0.2, 0.25) is 0 Å². The van der Waals surface area contributed by atoms with E-state index in [-0.39, 0.29) is 5.91 Å². The lowest BCUT2D eigenvalue weighted by molar-refractivity contribution is -0.119. The molecule has 3 heteroatoms. The quantitative estimate of drug-likeness (QED) is 0.678. The van der Waals surface area contributed by atoms with Crippen molar-refractivity contribution in [3.63, 3.8) is 0 Å². The number of likely N-dealkylation sites (tertiary alicyclic amines) is 1. The largest absolute Gasteiger partial charge is 0.353 e. The van der Waals surface area contributed by atoms with Crippen LogP contribution in [-0.4, -0.2) is 37.0 Å². The highest BCUT2D eigenvalue weighted by atomic mass is 16.2. The number of nitrogens with one attached hydrogen (secondary N) is 1. The molecule has 0 aromatic heterocycles. The Morgan fingerprint density at radius 2 is 2.14 bits per heavy atom. The summed E-state index contributed by atoms with van der Waals surface area (Å²) in [4.78, 5) is 13.8. The smallest absolute Gasteiger partial charge is 0.220 e. The van der Waals surface area contributed by atoms with E-state index in [2.05, 4.69) is 24.2 Å². The van der Waals surface area contributed by atoms with Crippen molar-refractivity contribution in [1.29, 1.82) is 0 Å². The summed E-state index contributed by atoms with van der Waals surface area (Å²) in [6.45, 7) is 4.47.